The van der Waals surface area contributed by atoms with Gasteiger partial charge in [0, 0.05) is 15.7 Å². The summed E-state index contributed by atoms with van der Waals surface area (Å²) in [7, 11) is 0. The van der Waals surface area contributed by atoms with Gasteiger partial charge in [-0.2, -0.15) is 5.10 Å². The highest BCUT2D eigenvalue weighted by Crippen LogP contribution is 2.23. The molecule has 0 aliphatic rings. The van der Waals surface area contributed by atoms with Gasteiger partial charge >= 0.3 is 5.97 Å². The maximum atomic E-state index is 11.4. The minimum Gasteiger partial charge on any atom is -0.460 e. The van der Waals surface area contributed by atoms with E-state index >= 15 is 0 Å². The third-order valence-corrected chi connectivity index (χ3v) is 2.59. The summed E-state index contributed by atoms with van der Waals surface area (Å²) in [6.07, 6.45) is 0. The van der Waals surface area contributed by atoms with Gasteiger partial charge in [0.05, 0.1) is 6.61 Å². The van der Waals surface area contributed by atoms with Gasteiger partial charge in [-0.1, -0.05) is 15.9 Å². The topological polar surface area (TPSA) is 93.9 Å². The van der Waals surface area contributed by atoms with Crippen LogP contribution >= 0.6 is 15.9 Å². The van der Waals surface area contributed by atoms with Gasteiger partial charge in [0.15, 0.2) is 5.82 Å². The molecule has 1 heterocycles. The van der Waals surface area contributed by atoms with E-state index in [1.165, 1.54) is 0 Å². The molecule has 94 valence electrons. The minimum absolute atomic E-state index is 0.0744. The Morgan fingerprint density at radius 2 is 2.28 bits per heavy atom. The van der Waals surface area contributed by atoms with Crippen molar-refractivity contribution < 1.29 is 9.53 Å². The Morgan fingerprint density at radius 1 is 1.50 bits per heavy atom. The van der Waals surface area contributed by atoms with Crippen LogP contribution < -0.4 is 5.73 Å². The molecule has 0 saturated carbocycles. The van der Waals surface area contributed by atoms with Crippen LogP contribution in [-0.4, -0.2) is 27.8 Å². The summed E-state index contributed by atoms with van der Waals surface area (Å²) in [6, 6.07) is 5.31. The average molecular weight is 311 g/mol. The fraction of sp³-hybridized carbons (Fsp3) is 0.182. The number of halogens is 1. The van der Waals surface area contributed by atoms with Gasteiger partial charge in [-0.25, -0.2) is 9.78 Å². The van der Waals surface area contributed by atoms with Gasteiger partial charge in [-0.05, 0) is 25.1 Å². The Labute approximate surface area is 112 Å². The van der Waals surface area contributed by atoms with E-state index in [0.717, 1.165) is 4.47 Å². The Kier molecular flexibility index (Phi) is 3.61. The molecule has 0 atom stereocenters. The number of hydrogen-bond acceptors (Lipinski definition) is 5. The summed E-state index contributed by atoms with van der Waals surface area (Å²) in [4.78, 5) is 15.5. The number of carbonyl (C=O) groups is 1. The molecule has 2 rings (SSSR count). The first kappa shape index (κ1) is 12.6. The van der Waals surface area contributed by atoms with Crippen LogP contribution in [0.1, 0.15) is 17.5 Å². The molecule has 0 unspecified atom stereocenters. The zero-order chi connectivity index (χ0) is 13.1. The molecule has 0 aliphatic carbocycles. The monoisotopic (exact) mass is 310 g/mol. The van der Waals surface area contributed by atoms with Gasteiger partial charge in [-0.3, -0.25) is 5.10 Å². The summed E-state index contributed by atoms with van der Waals surface area (Å²) in [5.74, 6) is -0.0596. The third kappa shape index (κ3) is 2.67. The molecule has 0 bridgehead atoms. The molecule has 0 radical (unpaired) electrons. The molecule has 2 aromatic rings. The van der Waals surface area contributed by atoms with E-state index in [1.807, 2.05) is 6.07 Å². The van der Waals surface area contributed by atoms with Gasteiger partial charge in [-0.15, -0.1) is 0 Å². The summed E-state index contributed by atoms with van der Waals surface area (Å²) < 4.78 is 5.64. The lowest BCUT2D eigenvalue weighted by atomic mass is 10.2. The highest BCUT2D eigenvalue weighted by molar-refractivity contribution is 9.10. The standard InChI is InChI=1S/C11H11BrN4O2/c1-2-18-11(17)10-14-9(15-16-10)6-3-7(12)5-8(13)4-6/h3-5H,2,13H2,1H3,(H,14,15,16). The molecule has 1 aromatic carbocycles. The molecule has 1 aromatic heterocycles. The Bertz CT molecular complexity index is 562. The number of hydrogen-bond donors (Lipinski definition) is 2. The van der Waals surface area contributed by atoms with Gasteiger partial charge in [0.1, 0.15) is 0 Å². The normalized spacial score (nSPS) is 10.3. The molecule has 18 heavy (non-hydrogen) atoms. The molecule has 3 N–H and O–H groups in total. The molecular formula is C11H11BrN4O2. The largest absolute Gasteiger partial charge is 0.460 e. The second-order valence-electron chi connectivity index (χ2n) is 3.50. The Balaban J connectivity index is 2.32. The summed E-state index contributed by atoms with van der Waals surface area (Å²) >= 11 is 3.33. The van der Waals surface area contributed by atoms with Crippen LogP contribution in [0, 0.1) is 0 Å². The number of nitrogens with one attached hydrogen (secondary N) is 1. The van der Waals surface area contributed by atoms with Crippen molar-refractivity contribution in [3.05, 3.63) is 28.5 Å². The van der Waals surface area contributed by atoms with Crippen molar-refractivity contribution in [1.82, 2.24) is 15.2 Å². The summed E-state index contributed by atoms with van der Waals surface area (Å²) in [6.45, 7) is 2.02. The molecule has 0 spiro atoms. The van der Waals surface area contributed by atoms with Crippen molar-refractivity contribution in [1.29, 1.82) is 0 Å². The highest BCUT2D eigenvalue weighted by Gasteiger charge is 2.14. The van der Waals surface area contributed by atoms with Crippen LogP contribution in [0.25, 0.3) is 11.4 Å². The quantitative estimate of drug-likeness (QED) is 0.668. The Morgan fingerprint density at radius 3 is 2.94 bits per heavy atom. The Hall–Kier alpha value is -1.89. The van der Waals surface area contributed by atoms with E-state index in [-0.39, 0.29) is 5.82 Å². The predicted octanol–water partition coefficient (Wildman–Crippen LogP) is 1.99. The SMILES string of the molecule is CCOC(=O)c1nc(-c2cc(N)cc(Br)c2)n[nH]1. The van der Waals surface area contributed by atoms with Crippen molar-refractivity contribution in [2.24, 2.45) is 0 Å². The van der Waals surface area contributed by atoms with Crippen molar-refractivity contribution in [2.45, 2.75) is 6.92 Å². The summed E-state index contributed by atoms with van der Waals surface area (Å²) in [5.41, 5.74) is 7.03. The number of H-pyrrole nitrogens is 1. The molecular weight excluding hydrogens is 300 g/mol. The van der Waals surface area contributed by atoms with Gasteiger partial charge in [0.2, 0.25) is 5.82 Å². The maximum absolute atomic E-state index is 11.4. The van der Waals surface area contributed by atoms with Crippen molar-refractivity contribution in [3.63, 3.8) is 0 Å². The number of aromatic nitrogens is 3. The first-order valence-electron chi connectivity index (χ1n) is 5.26. The van der Waals surface area contributed by atoms with Gasteiger partial charge < -0.3 is 10.5 Å². The van der Waals surface area contributed by atoms with E-state index in [1.54, 1.807) is 19.1 Å². The van der Waals surface area contributed by atoms with Crippen LogP contribution in [0.5, 0.6) is 0 Å². The predicted molar refractivity (Wildman–Crippen MR) is 69.9 cm³/mol. The number of nitrogen functional groups attached to an aromatic ring is 1. The number of aromatic amines is 1. The first-order valence-corrected chi connectivity index (χ1v) is 6.05. The lowest BCUT2D eigenvalue weighted by molar-refractivity contribution is 0.0512. The minimum atomic E-state index is -0.529. The molecule has 7 heteroatoms. The second-order valence-corrected chi connectivity index (χ2v) is 4.42. The second kappa shape index (κ2) is 5.18. The molecule has 6 nitrogen and oxygen atoms in total. The first-order chi connectivity index (χ1) is 8.60. The zero-order valence-corrected chi connectivity index (χ0v) is 11.2. The van der Waals surface area contributed by atoms with Crippen LogP contribution in [0.3, 0.4) is 0 Å². The van der Waals surface area contributed by atoms with Crippen molar-refractivity contribution in [3.8, 4) is 11.4 Å². The number of nitrogens with zero attached hydrogens (tertiary/aromatic N) is 2. The molecule has 0 amide bonds. The number of nitrogens with two attached hydrogens (primary N) is 1. The third-order valence-electron chi connectivity index (χ3n) is 2.13. The average Bonchev–Trinajstić information content (AvgIpc) is 2.77. The number of ether oxygens (including phenoxy) is 1. The van der Waals surface area contributed by atoms with E-state index in [9.17, 15) is 4.79 Å². The maximum Gasteiger partial charge on any atom is 0.375 e. The fourth-order valence-corrected chi connectivity index (χ4v) is 1.93. The van der Waals surface area contributed by atoms with E-state index < -0.39 is 5.97 Å². The smallest absolute Gasteiger partial charge is 0.375 e. The van der Waals surface area contributed by atoms with Gasteiger partial charge in [0.25, 0.3) is 0 Å². The van der Waals surface area contributed by atoms with Crippen molar-refractivity contribution >= 4 is 27.6 Å². The van der Waals surface area contributed by atoms with Crippen LogP contribution in [0.15, 0.2) is 22.7 Å². The number of benzene rings is 1. The lowest BCUT2D eigenvalue weighted by Gasteiger charge is -1.99. The van der Waals surface area contributed by atoms with Crippen LogP contribution in [0.2, 0.25) is 0 Å². The molecule has 0 fully saturated rings. The lowest BCUT2D eigenvalue weighted by Crippen LogP contribution is -2.06. The van der Waals surface area contributed by atoms with E-state index in [0.29, 0.717) is 23.7 Å². The fourth-order valence-electron chi connectivity index (χ4n) is 1.42. The van der Waals surface area contributed by atoms with Crippen LogP contribution in [0.4, 0.5) is 5.69 Å². The number of anilines is 1. The highest BCUT2D eigenvalue weighted by atomic mass is 79.9. The van der Waals surface area contributed by atoms with E-state index in [2.05, 4.69) is 31.1 Å². The number of esters is 1. The van der Waals surface area contributed by atoms with Crippen LogP contribution in [-0.2, 0) is 4.74 Å². The van der Waals surface area contributed by atoms with E-state index in [4.69, 9.17) is 10.5 Å². The number of carbonyl (C=O) groups excluding carboxylic acids is 1. The van der Waals surface area contributed by atoms with Crippen molar-refractivity contribution in [2.75, 3.05) is 12.3 Å². The number of rotatable bonds is 3. The zero-order valence-electron chi connectivity index (χ0n) is 9.61. The summed E-state index contributed by atoms with van der Waals surface area (Å²) in [5, 5.41) is 6.49. The molecule has 0 saturated heterocycles. The molecule has 0 aliphatic heterocycles.